The molecule has 1 aliphatic rings. The molecule has 0 aliphatic heterocycles. The maximum Gasteiger partial charge on any atom is 0.328 e. The van der Waals surface area contributed by atoms with Gasteiger partial charge in [0.25, 0.3) is 11.5 Å². The summed E-state index contributed by atoms with van der Waals surface area (Å²) >= 11 is 0. The molecule has 2 aromatic carbocycles. The number of Topliss-reactive ketones (excluding diaryl/α,β-unsaturated/α-hetero) is 1. The fourth-order valence-corrected chi connectivity index (χ4v) is 4.13. The normalized spacial score (nSPS) is 13.7. The predicted molar refractivity (Wildman–Crippen MR) is 123 cm³/mol. The second-order valence-corrected chi connectivity index (χ2v) is 7.91. The number of nitrogens with zero attached hydrogens (tertiary/aromatic N) is 1. The SMILES string of the molecule is COC(=O)C(Cc1ccccc1)NC(=O)c1cc2c(n(-c3ccccc3)c1=O)CCCC2=O. The highest BCUT2D eigenvalue weighted by Crippen LogP contribution is 2.23. The van der Waals surface area contributed by atoms with E-state index in [-0.39, 0.29) is 17.8 Å². The van der Waals surface area contributed by atoms with E-state index in [0.717, 1.165) is 5.56 Å². The van der Waals surface area contributed by atoms with E-state index in [1.54, 1.807) is 24.3 Å². The molecule has 0 fully saturated rings. The zero-order chi connectivity index (χ0) is 23.4. The van der Waals surface area contributed by atoms with Gasteiger partial charge < -0.3 is 10.1 Å². The molecule has 4 rings (SSSR count). The first-order valence-corrected chi connectivity index (χ1v) is 10.8. The van der Waals surface area contributed by atoms with Crippen LogP contribution in [0.5, 0.6) is 0 Å². The zero-order valence-corrected chi connectivity index (χ0v) is 18.2. The number of nitrogens with one attached hydrogen (secondary N) is 1. The Kier molecular flexibility index (Phi) is 6.49. The molecule has 7 nitrogen and oxygen atoms in total. The van der Waals surface area contributed by atoms with E-state index < -0.39 is 23.5 Å². The van der Waals surface area contributed by atoms with E-state index in [1.807, 2.05) is 36.4 Å². The van der Waals surface area contributed by atoms with Gasteiger partial charge in [0, 0.05) is 29.8 Å². The Bertz CT molecular complexity index is 1250. The summed E-state index contributed by atoms with van der Waals surface area (Å²) in [4.78, 5) is 51.7. The molecule has 1 N–H and O–H groups in total. The van der Waals surface area contributed by atoms with Crippen LogP contribution >= 0.6 is 0 Å². The Hall–Kier alpha value is -4.00. The summed E-state index contributed by atoms with van der Waals surface area (Å²) in [6, 6.07) is 18.5. The van der Waals surface area contributed by atoms with Gasteiger partial charge in [0.05, 0.1) is 7.11 Å². The highest BCUT2D eigenvalue weighted by atomic mass is 16.5. The van der Waals surface area contributed by atoms with Crippen LogP contribution in [0.4, 0.5) is 0 Å². The first kappa shape index (κ1) is 22.2. The first-order chi connectivity index (χ1) is 16.0. The monoisotopic (exact) mass is 444 g/mol. The molecule has 7 heteroatoms. The number of benzene rings is 2. The van der Waals surface area contributed by atoms with E-state index >= 15 is 0 Å². The van der Waals surface area contributed by atoms with E-state index in [0.29, 0.717) is 36.2 Å². The third kappa shape index (κ3) is 4.62. The minimum atomic E-state index is -0.985. The van der Waals surface area contributed by atoms with Gasteiger partial charge in [-0.3, -0.25) is 19.0 Å². The lowest BCUT2D eigenvalue weighted by Crippen LogP contribution is -2.45. The van der Waals surface area contributed by atoms with Crippen molar-refractivity contribution in [1.29, 1.82) is 0 Å². The summed E-state index contributed by atoms with van der Waals surface area (Å²) in [6.07, 6.45) is 1.77. The highest BCUT2D eigenvalue weighted by molar-refractivity contribution is 6.02. The third-order valence-corrected chi connectivity index (χ3v) is 5.75. The van der Waals surface area contributed by atoms with E-state index in [1.165, 1.54) is 17.7 Å². The van der Waals surface area contributed by atoms with Crippen molar-refractivity contribution in [3.63, 3.8) is 0 Å². The lowest BCUT2D eigenvalue weighted by Gasteiger charge is -2.22. The fourth-order valence-electron chi connectivity index (χ4n) is 4.13. The number of pyridine rings is 1. The van der Waals surface area contributed by atoms with Crippen molar-refractivity contribution in [3.8, 4) is 5.69 Å². The third-order valence-electron chi connectivity index (χ3n) is 5.75. The van der Waals surface area contributed by atoms with Gasteiger partial charge in [-0.05, 0) is 36.6 Å². The van der Waals surface area contributed by atoms with Crippen LogP contribution in [0.25, 0.3) is 5.69 Å². The van der Waals surface area contributed by atoms with Gasteiger partial charge in [-0.15, -0.1) is 0 Å². The van der Waals surface area contributed by atoms with E-state index in [4.69, 9.17) is 4.74 Å². The molecule has 0 saturated heterocycles. The van der Waals surface area contributed by atoms with Crippen LogP contribution in [0, 0.1) is 0 Å². The highest BCUT2D eigenvalue weighted by Gasteiger charge is 2.28. The van der Waals surface area contributed by atoms with Crippen LogP contribution in [0.1, 0.15) is 44.8 Å². The smallest absolute Gasteiger partial charge is 0.328 e. The van der Waals surface area contributed by atoms with E-state index in [2.05, 4.69) is 5.32 Å². The van der Waals surface area contributed by atoms with Gasteiger partial charge >= 0.3 is 5.97 Å². The summed E-state index contributed by atoms with van der Waals surface area (Å²) < 4.78 is 6.30. The molecule has 0 spiro atoms. The molecule has 1 heterocycles. The second kappa shape index (κ2) is 9.65. The molecule has 0 bridgehead atoms. The quantitative estimate of drug-likeness (QED) is 0.590. The number of para-hydroxylation sites is 1. The summed E-state index contributed by atoms with van der Waals surface area (Å²) in [5.74, 6) is -1.45. The molecule has 0 radical (unpaired) electrons. The van der Waals surface area contributed by atoms with Crippen molar-refractivity contribution in [1.82, 2.24) is 9.88 Å². The molecule has 1 aromatic heterocycles. The molecular formula is C26H24N2O5. The molecule has 1 aliphatic carbocycles. The number of carbonyl (C=O) groups is 3. The van der Waals surface area contributed by atoms with Gasteiger partial charge in [-0.25, -0.2) is 4.79 Å². The van der Waals surface area contributed by atoms with Crippen molar-refractivity contribution in [2.45, 2.75) is 31.7 Å². The summed E-state index contributed by atoms with van der Waals surface area (Å²) in [5.41, 5.74) is 1.66. The van der Waals surface area contributed by atoms with Crippen LogP contribution in [0.2, 0.25) is 0 Å². The Morgan fingerprint density at radius 1 is 1.00 bits per heavy atom. The van der Waals surface area contributed by atoms with Gasteiger partial charge in [0.1, 0.15) is 11.6 Å². The molecule has 33 heavy (non-hydrogen) atoms. The molecule has 3 aromatic rings. The van der Waals surface area contributed by atoms with Crippen LogP contribution in [-0.4, -0.2) is 35.4 Å². The standard InChI is InChI=1S/C26H24N2O5/c1-33-26(32)21(15-17-9-4-2-5-10-17)27-24(30)20-16-19-22(13-8-14-23(19)29)28(25(20)31)18-11-6-3-7-12-18/h2-7,9-12,16,21H,8,13-15H2,1H3,(H,27,30). The maximum absolute atomic E-state index is 13.4. The maximum atomic E-state index is 13.4. The van der Waals surface area contributed by atoms with Crippen LogP contribution in [0.3, 0.4) is 0 Å². The molecular weight excluding hydrogens is 420 g/mol. The van der Waals surface area contributed by atoms with Crippen LogP contribution in [0.15, 0.2) is 71.5 Å². The minimum Gasteiger partial charge on any atom is -0.467 e. The molecule has 168 valence electrons. The Morgan fingerprint density at radius 3 is 2.33 bits per heavy atom. The topological polar surface area (TPSA) is 94.5 Å². The number of methoxy groups -OCH3 is 1. The average molecular weight is 444 g/mol. The molecule has 1 unspecified atom stereocenters. The number of rotatable bonds is 6. The number of aromatic nitrogens is 1. The number of ketones is 1. The number of amides is 1. The van der Waals surface area contributed by atoms with Gasteiger partial charge in [-0.1, -0.05) is 48.5 Å². The predicted octanol–water partition coefficient (Wildman–Crippen LogP) is 2.87. The van der Waals surface area contributed by atoms with Gasteiger partial charge in [0.15, 0.2) is 5.78 Å². The second-order valence-electron chi connectivity index (χ2n) is 7.91. The number of hydrogen-bond acceptors (Lipinski definition) is 5. The molecule has 0 saturated carbocycles. The Balaban J connectivity index is 1.75. The summed E-state index contributed by atoms with van der Waals surface area (Å²) in [5, 5.41) is 2.64. The lowest BCUT2D eigenvalue weighted by molar-refractivity contribution is -0.142. The van der Waals surface area contributed by atoms with Crippen LogP contribution in [-0.2, 0) is 22.4 Å². The number of fused-ring (bicyclic) bond motifs is 1. The summed E-state index contributed by atoms with van der Waals surface area (Å²) in [6.45, 7) is 0. The first-order valence-electron chi connectivity index (χ1n) is 10.8. The Morgan fingerprint density at radius 2 is 1.67 bits per heavy atom. The van der Waals surface area contributed by atoms with Crippen LogP contribution < -0.4 is 10.9 Å². The largest absolute Gasteiger partial charge is 0.467 e. The lowest BCUT2D eigenvalue weighted by atomic mass is 9.92. The minimum absolute atomic E-state index is 0.108. The van der Waals surface area contributed by atoms with Crippen molar-refractivity contribution in [2.75, 3.05) is 7.11 Å². The zero-order valence-electron chi connectivity index (χ0n) is 18.2. The summed E-state index contributed by atoms with van der Waals surface area (Å²) in [7, 11) is 1.24. The number of esters is 1. The van der Waals surface area contributed by atoms with Crippen molar-refractivity contribution >= 4 is 17.7 Å². The number of carbonyl (C=O) groups excluding carboxylic acids is 3. The van der Waals surface area contributed by atoms with Gasteiger partial charge in [0.2, 0.25) is 0 Å². The van der Waals surface area contributed by atoms with Crippen molar-refractivity contribution in [3.05, 3.63) is 99.5 Å². The number of hydrogen-bond donors (Lipinski definition) is 1. The molecule has 1 amide bonds. The van der Waals surface area contributed by atoms with Crippen molar-refractivity contribution in [2.24, 2.45) is 0 Å². The Labute approximate surface area is 191 Å². The molecule has 1 atom stereocenters. The van der Waals surface area contributed by atoms with Gasteiger partial charge in [-0.2, -0.15) is 0 Å². The average Bonchev–Trinajstić information content (AvgIpc) is 2.84. The van der Waals surface area contributed by atoms with E-state index in [9.17, 15) is 19.2 Å². The van der Waals surface area contributed by atoms with Crippen molar-refractivity contribution < 1.29 is 19.1 Å². The fraction of sp³-hybridized carbons (Fsp3) is 0.231. The number of ether oxygens (including phenoxy) is 1.